The van der Waals surface area contributed by atoms with Gasteiger partial charge >= 0.3 is 12.1 Å². The lowest BCUT2D eigenvalue weighted by molar-refractivity contribution is -0.192. The number of aliphatic imine (C=N–C) groups is 1. The van der Waals surface area contributed by atoms with Crippen LogP contribution in [-0.4, -0.2) is 42.0 Å². The predicted octanol–water partition coefficient (Wildman–Crippen LogP) is 4.74. The van der Waals surface area contributed by atoms with Crippen molar-refractivity contribution in [3.63, 3.8) is 0 Å². The summed E-state index contributed by atoms with van der Waals surface area (Å²) in [5.41, 5.74) is 8.77. The number of pyridine rings is 1. The molecule has 1 atom stereocenters. The van der Waals surface area contributed by atoms with E-state index in [1.54, 1.807) is 13.3 Å². The lowest BCUT2D eigenvalue weighted by Crippen LogP contribution is -2.31. The van der Waals surface area contributed by atoms with Crippen LogP contribution in [0.5, 0.6) is 17.2 Å². The number of aromatic nitrogens is 1. The zero-order valence-electron chi connectivity index (χ0n) is 18.0. The molecule has 5 rings (SSSR count). The van der Waals surface area contributed by atoms with E-state index in [-0.39, 0.29) is 12.6 Å². The molecule has 3 heterocycles. The Morgan fingerprint density at radius 2 is 1.74 bits per heavy atom. The number of halogens is 4. The molecule has 3 aromatic rings. The highest BCUT2D eigenvalue weighted by Crippen LogP contribution is 2.52. The standard InChI is InChI=1S/C21H16ClN3O3.C2HF3O2/c1-26-14-3-5-18-16(10-14)21(11-27-20(23)25-21)15-8-12(2-4-17(15)28-18)13-6-7-24-19(22)9-13;3-2(4,5)1(6)7/h2-10H,11H2,1H3,(H2,23,25);(H,6,7). The first-order valence-corrected chi connectivity index (χ1v) is 10.3. The molecule has 8 nitrogen and oxygen atoms in total. The van der Waals surface area contributed by atoms with Crippen LogP contribution in [0.15, 0.2) is 59.7 Å². The molecule has 2 aliphatic rings. The molecule has 1 aromatic heterocycles. The molecule has 0 fully saturated rings. The van der Waals surface area contributed by atoms with Crippen LogP contribution in [0.1, 0.15) is 11.1 Å². The summed E-state index contributed by atoms with van der Waals surface area (Å²) in [6.45, 7) is 0.288. The van der Waals surface area contributed by atoms with Gasteiger partial charge in [0.15, 0.2) is 5.54 Å². The van der Waals surface area contributed by atoms with Crippen LogP contribution in [0.4, 0.5) is 13.2 Å². The molecule has 35 heavy (non-hydrogen) atoms. The first kappa shape index (κ1) is 24.1. The van der Waals surface area contributed by atoms with Crippen molar-refractivity contribution in [1.82, 2.24) is 4.98 Å². The van der Waals surface area contributed by atoms with E-state index in [1.807, 2.05) is 48.5 Å². The van der Waals surface area contributed by atoms with Crippen molar-refractivity contribution in [2.75, 3.05) is 13.7 Å². The summed E-state index contributed by atoms with van der Waals surface area (Å²) >= 11 is 6.07. The zero-order valence-corrected chi connectivity index (χ0v) is 18.7. The first-order valence-electron chi connectivity index (χ1n) is 9.94. The molecule has 182 valence electrons. The Labute approximate surface area is 201 Å². The Bertz CT molecular complexity index is 1330. The number of rotatable bonds is 2. The summed E-state index contributed by atoms with van der Waals surface area (Å²) in [6, 6.07) is 15.5. The Morgan fingerprint density at radius 3 is 2.31 bits per heavy atom. The summed E-state index contributed by atoms with van der Waals surface area (Å²) in [6.07, 6.45) is -3.40. The maximum atomic E-state index is 10.6. The van der Waals surface area contributed by atoms with Crippen molar-refractivity contribution in [2.24, 2.45) is 10.7 Å². The average Bonchev–Trinajstić information content (AvgIpc) is 3.21. The minimum absolute atomic E-state index is 0.152. The molecular weight excluding hydrogens is 491 g/mol. The van der Waals surface area contributed by atoms with Crippen LogP contribution < -0.4 is 15.2 Å². The number of hydrogen-bond acceptors (Lipinski definition) is 7. The topological polar surface area (TPSA) is 116 Å². The Morgan fingerprint density at radius 1 is 1.11 bits per heavy atom. The van der Waals surface area contributed by atoms with E-state index < -0.39 is 17.7 Å². The van der Waals surface area contributed by atoms with Crippen LogP contribution in [-0.2, 0) is 15.1 Å². The fraction of sp³-hybridized carbons (Fsp3) is 0.174. The summed E-state index contributed by atoms with van der Waals surface area (Å²) in [7, 11) is 1.63. The molecule has 0 radical (unpaired) electrons. The molecule has 12 heteroatoms. The number of amidine groups is 1. The number of carbonyl (C=O) groups is 1. The lowest BCUT2D eigenvalue weighted by atomic mass is 9.80. The van der Waals surface area contributed by atoms with Gasteiger partial charge in [0.2, 0.25) is 0 Å². The van der Waals surface area contributed by atoms with E-state index in [0.717, 1.165) is 22.3 Å². The SMILES string of the molecule is COc1ccc2c(c1)C1(COC(N)=N1)c1cc(-c3ccnc(Cl)c3)ccc1O2.O=C(O)C(F)(F)F. The third-order valence-electron chi connectivity index (χ3n) is 5.31. The molecule has 2 aromatic carbocycles. The van der Waals surface area contributed by atoms with Gasteiger partial charge in [0, 0.05) is 17.3 Å². The Hall–Kier alpha value is -3.99. The van der Waals surface area contributed by atoms with Crippen molar-refractivity contribution < 1.29 is 37.3 Å². The molecule has 0 amide bonds. The van der Waals surface area contributed by atoms with Gasteiger partial charge in [-0.15, -0.1) is 0 Å². The molecule has 0 aliphatic carbocycles. The monoisotopic (exact) mass is 507 g/mol. The molecule has 2 aliphatic heterocycles. The number of nitrogens with zero attached hydrogens (tertiary/aromatic N) is 2. The fourth-order valence-electron chi connectivity index (χ4n) is 3.72. The third kappa shape index (κ3) is 4.67. The largest absolute Gasteiger partial charge is 0.497 e. The van der Waals surface area contributed by atoms with Crippen molar-refractivity contribution in [3.05, 3.63) is 71.0 Å². The number of nitrogens with two attached hydrogens (primary N) is 1. The van der Waals surface area contributed by atoms with Crippen LogP contribution >= 0.6 is 11.6 Å². The normalized spacial score (nSPS) is 17.7. The van der Waals surface area contributed by atoms with E-state index in [0.29, 0.717) is 22.4 Å². The van der Waals surface area contributed by atoms with Crippen LogP contribution in [0.25, 0.3) is 11.1 Å². The molecule has 0 bridgehead atoms. The second kappa shape index (κ2) is 8.99. The van der Waals surface area contributed by atoms with E-state index in [9.17, 15) is 13.2 Å². The van der Waals surface area contributed by atoms with Gasteiger partial charge in [-0.25, -0.2) is 14.8 Å². The van der Waals surface area contributed by atoms with Gasteiger partial charge in [-0.3, -0.25) is 0 Å². The second-order valence-corrected chi connectivity index (χ2v) is 7.83. The number of alkyl halides is 3. The first-order chi connectivity index (χ1) is 16.5. The lowest BCUT2D eigenvalue weighted by Gasteiger charge is -2.34. The van der Waals surface area contributed by atoms with E-state index in [1.165, 1.54) is 0 Å². The quantitative estimate of drug-likeness (QED) is 0.481. The number of carboxylic acid groups (broad SMARTS) is 1. The van der Waals surface area contributed by atoms with E-state index in [2.05, 4.69) is 9.98 Å². The van der Waals surface area contributed by atoms with Gasteiger partial charge in [-0.2, -0.15) is 13.2 Å². The van der Waals surface area contributed by atoms with Crippen LogP contribution in [0.3, 0.4) is 0 Å². The fourth-order valence-corrected chi connectivity index (χ4v) is 3.90. The highest BCUT2D eigenvalue weighted by Gasteiger charge is 2.47. The molecule has 1 spiro atoms. The summed E-state index contributed by atoms with van der Waals surface area (Å²) in [4.78, 5) is 17.6. The zero-order chi connectivity index (χ0) is 25.4. The number of carboxylic acids is 1. The maximum Gasteiger partial charge on any atom is 0.490 e. The van der Waals surface area contributed by atoms with Gasteiger partial charge in [0.05, 0.1) is 7.11 Å². The molecule has 1 unspecified atom stereocenters. The van der Waals surface area contributed by atoms with Crippen molar-refractivity contribution in [1.29, 1.82) is 0 Å². The molecule has 0 saturated heterocycles. The molecular formula is C23H17ClF3N3O5. The van der Waals surface area contributed by atoms with E-state index in [4.69, 9.17) is 41.4 Å². The summed E-state index contributed by atoms with van der Waals surface area (Å²) < 4.78 is 48.9. The Balaban J connectivity index is 0.000000364. The van der Waals surface area contributed by atoms with Crippen molar-refractivity contribution >= 4 is 23.6 Å². The van der Waals surface area contributed by atoms with Crippen molar-refractivity contribution in [3.8, 4) is 28.4 Å². The number of fused-ring (bicyclic) bond motifs is 4. The highest BCUT2D eigenvalue weighted by atomic mass is 35.5. The number of aliphatic carboxylic acids is 1. The number of benzene rings is 2. The predicted molar refractivity (Wildman–Crippen MR) is 120 cm³/mol. The van der Waals surface area contributed by atoms with Crippen LogP contribution in [0.2, 0.25) is 5.15 Å². The molecule has 0 saturated carbocycles. The molecule has 3 N–H and O–H groups in total. The van der Waals surface area contributed by atoms with Gasteiger partial charge in [0.1, 0.15) is 29.0 Å². The average molecular weight is 508 g/mol. The summed E-state index contributed by atoms with van der Waals surface area (Å²) in [5, 5.41) is 7.56. The minimum Gasteiger partial charge on any atom is -0.497 e. The smallest absolute Gasteiger partial charge is 0.490 e. The van der Waals surface area contributed by atoms with Gasteiger partial charge in [0.25, 0.3) is 6.02 Å². The minimum atomic E-state index is -5.08. The number of methoxy groups -OCH3 is 1. The number of ether oxygens (including phenoxy) is 3. The van der Waals surface area contributed by atoms with Crippen LogP contribution in [0, 0.1) is 0 Å². The highest BCUT2D eigenvalue weighted by molar-refractivity contribution is 6.29. The second-order valence-electron chi connectivity index (χ2n) is 7.44. The Kier molecular flexibility index (Phi) is 6.20. The van der Waals surface area contributed by atoms with Gasteiger partial charge in [-0.05, 0) is 53.6 Å². The van der Waals surface area contributed by atoms with E-state index >= 15 is 0 Å². The van der Waals surface area contributed by atoms with Gasteiger partial charge in [-0.1, -0.05) is 17.7 Å². The third-order valence-corrected chi connectivity index (χ3v) is 5.52. The number of hydrogen-bond donors (Lipinski definition) is 2. The maximum absolute atomic E-state index is 10.6. The summed E-state index contributed by atoms with van der Waals surface area (Å²) in [5.74, 6) is -0.630. The van der Waals surface area contributed by atoms with Gasteiger partial charge < -0.3 is 25.1 Å². The van der Waals surface area contributed by atoms with Crippen molar-refractivity contribution in [2.45, 2.75) is 11.7 Å².